The van der Waals surface area contributed by atoms with Gasteiger partial charge >= 0.3 is 12.1 Å². The quantitative estimate of drug-likeness (QED) is 0.844. The molecule has 17 heavy (non-hydrogen) atoms. The number of furan rings is 1. The molecule has 0 bridgehead atoms. The van der Waals surface area contributed by atoms with Crippen LogP contribution in [0.5, 0.6) is 0 Å². The number of carbonyl (C=O) groups is 2. The molecular weight excluding hydrogens is 226 g/mol. The molecule has 94 valence electrons. The maximum Gasteiger partial charge on any atom is 0.408 e. The minimum absolute atomic E-state index is 0.142. The zero-order chi connectivity index (χ0) is 13.1. The summed E-state index contributed by atoms with van der Waals surface area (Å²) in [5.74, 6) is -1.07. The molecule has 0 aliphatic carbocycles. The van der Waals surface area contributed by atoms with Gasteiger partial charge in [-0.2, -0.15) is 0 Å². The summed E-state index contributed by atoms with van der Waals surface area (Å²) in [5.41, 5.74) is -0.684. The molecule has 0 spiro atoms. The van der Waals surface area contributed by atoms with Gasteiger partial charge in [0, 0.05) is 0 Å². The van der Waals surface area contributed by atoms with Crippen LogP contribution in [0.15, 0.2) is 22.8 Å². The minimum atomic E-state index is -1.25. The van der Waals surface area contributed by atoms with E-state index in [1.54, 1.807) is 26.8 Å². The first-order valence-corrected chi connectivity index (χ1v) is 5.05. The van der Waals surface area contributed by atoms with Crippen molar-refractivity contribution in [2.75, 3.05) is 0 Å². The molecule has 1 aromatic rings. The summed E-state index contributed by atoms with van der Waals surface area (Å²) in [4.78, 5) is 22.4. The molecule has 0 aliphatic heterocycles. The molecule has 0 radical (unpaired) electrons. The third-order valence-corrected chi connectivity index (χ3v) is 1.74. The number of hydrogen-bond acceptors (Lipinski definition) is 4. The molecule has 0 saturated carbocycles. The lowest BCUT2D eigenvalue weighted by atomic mass is 10.2. The second-order valence-corrected chi connectivity index (χ2v) is 4.43. The monoisotopic (exact) mass is 241 g/mol. The maximum atomic E-state index is 11.4. The molecule has 6 heteroatoms. The van der Waals surface area contributed by atoms with Crippen LogP contribution < -0.4 is 5.32 Å². The summed E-state index contributed by atoms with van der Waals surface area (Å²) >= 11 is 0. The fraction of sp³-hybridized carbons (Fsp3) is 0.455. The highest BCUT2D eigenvalue weighted by Gasteiger charge is 2.27. The van der Waals surface area contributed by atoms with Gasteiger partial charge in [-0.1, -0.05) is 0 Å². The second-order valence-electron chi connectivity index (χ2n) is 4.43. The molecule has 2 N–H and O–H groups in total. The van der Waals surface area contributed by atoms with Gasteiger partial charge in [0.15, 0.2) is 6.04 Å². The van der Waals surface area contributed by atoms with Crippen molar-refractivity contribution in [3.8, 4) is 0 Å². The van der Waals surface area contributed by atoms with Gasteiger partial charge < -0.3 is 19.6 Å². The van der Waals surface area contributed by atoms with Crippen LogP contribution in [-0.2, 0) is 9.53 Å². The van der Waals surface area contributed by atoms with Crippen LogP contribution in [0, 0.1) is 0 Å². The first kappa shape index (κ1) is 13.1. The summed E-state index contributed by atoms with van der Waals surface area (Å²) in [6.07, 6.45) is 0.531. The Morgan fingerprint density at radius 1 is 1.47 bits per heavy atom. The number of amides is 1. The van der Waals surface area contributed by atoms with Crippen LogP contribution in [0.25, 0.3) is 0 Å². The Balaban J connectivity index is 2.69. The molecule has 1 atom stereocenters. The number of alkyl carbamates (subject to hydrolysis) is 1. The predicted molar refractivity (Wildman–Crippen MR) is 58.5 cm³/mol. The zero-order valence-electron chi connectivity index (χ0n) is 9.89. The molecule has 1 heterocycles. The third kappa shape index (κ3) is 4.18. The molecule has 6 nitrogen and oxygen atoms in total. The van der Waals surface area contributed by atoms with E-state index < -0.39 is 23.7 Å². The molecule has 0 fully saturated rings. The van der Waals surface area contributed by atoms with E-state index in [9.17, 15) is 9.59 Å². The van der Waals surface area contributed by atoms with Gasteiger partial charge in [-0.05, 0) is 32.9 Å². The van der Waals surface area contributed by atoms with Crippen molar-refractivity contribution < 1.29 is 23.8 Å². The molecule has 1 unspecified atom stereocenters. The smallest absolute Gasteiger partial charge is 0.408 e. The Kier molecular flexibility index (Phi) is 3.77. The van der Waals surface area contributed by atoms with Crippen LogP contribution in [0.1, 0.15) is 32.6 Å². The average Bonchev–Trinajstić information content (AvgIpc) is 2.63. The molecule has 0 aliphatic rings. The van der Waals surface area contributed by atoms with Crippen molar-refractivity contribution in [1.82, 2.24) is 5.32 Å². The summed E-state index contributed by atoms with van der Waals surface area (Å²) in [6, 6.07) is 1.76. The SMILES string of the molecule is CC(C)(C)OC(=O)NC(C(=O)O)c1ccco1. The van der Waals surface area contributed by atoms with E-state index in [4.69, 9.17) is 14.3 Å². The topological polar surface area (TPSA) is 88.8 Å². The van der Waals surface area contributed by atoms with E-state index >= 15 is 0 Å². The van der Waals surface area contributed by atoms with Crippen molar-refractivity contribution in [3.63, 3.8) is 0 Å². The summed E-state index contributed by atoms with van der Waals surface area (Å²) in [5, 5.41) is 11.2. The highest BCUT2D eigenvalue weighted by atomic mass is 16.6. The van der Waals surface area contributed by atoms with Crippen molar-refractivity contribution >= 4 is 12.1 Å². The van der Waals surface area contributed by atoms with Crippen LogP contribution in [0.3, 0.4) is 0 Å². The predicted octanol–water partition coefficient (Wildman–Crippen LogP) is 1.93. The van der Waals surface area contributed by atoms with Crippen molar-refractivity contribution in [3.05, 3.63) is 24.2 Å². The van der Waals surface area contributed by atoms with Gasteiger partial charge in [-0.15, -0.1) is 0 Å². The lowest BCUT2D eigenvalue weighted by Gasteiger charge is -2.21. The fourth-order valence-corrected chi connectivity index (χ4v) is 1.14. The number of hydrogen-bond donors (Lipinski definition) is 2. The molecule has 1 amide bonds. The van der Waals surface area contributed by atoms with Crippen molar-refractivity contribution in [2.45, 2.75) is 32.4 Å². The van der Waals surface area contributed by atoms with E-state index in [-0.39, 0.29) is 5.76 Å². The van der Waals surface area contributed by atoms with Crippen LogP contribution in [-0.4, -0.2) is 22.8 Å². The molecule has 0 aromatic carbocycles. The number of rotatable bonds is 3. The van der Waals surface area contributed by atoms with Gasteiger partial charge in [0.05, 0.1) is 6.26 Å². The fourth-order valence-electron chi connectivity index (χ4n) is 1.14. The first-order chi connectivity index (χ1) is 7.79. The number of aliphatic carboxylic acids is 1. The van der Waals surface area contributed by atoms with Crippen LogP contribution in [0.2, 0.25) is 0 Å². The Bertz CT molecular complexity index is 390. The van der Waals surface area contributed by atoms with Gasteiger partial charge in [0.25, 0.3) is 0 Å². The number of ether oxygens (including phenoxy) is 1. The van der Waals surface area contributed by atoms with E-state index in [1.165, 1.54) is 12.3 Å². The van der Waals surface area contributed by atoms with Crippen LogP contribution in [0.4, 0.5) is 4.79 Å². The Morgan fingerprint density at radius 2 is 2.12 bits per heavy atom. The highest BCUT2D eigenvalue weighted by molar-refractivity contribution is 5.80. The van der Waals surface area contributed by atoms with Crippen molar-refractivity contribution in [2.24, 2.45) is 0 Å². The molecule has 0 saturated heterocycles. The Labute approximate surface area is 98.6 Å². The Morgan fingerprint density at radius 3 is 2.53 bits per heavy atom. The lowest BCUT2D eigenvalue weighted by molar-refractivity contribution is -0.140. The maximum absolute atomic E-state index is 11.4. The largest absolute Gasteiger partial charge is 0.479 e. The number of carboxylic acids is 1. The van der Waals surface area contributed by atoms with E-state index in [1.807, 2.05) is 0 Å². The van der Waals surface area contributed by atoms with Gasteiger partial charge in [0.2, 0.25) is 0 Å². The van der Waals surface area contributed by atoms with E-state index in [0.29, 0.717) is 0 Å². The van der Waals surface area contributed by atoms with E-state index in [2.05, 4.69) is 5.32 Å². The number of nitrogens with one attached hydrogen (secondary N) is 1. The van der Waals surface area contributed by atoms with Gasteiger partial charge in [0.1, 0.15) is 11.4 Å². The van der Waals surface area contributed by atoms with Crippen molar-refractivity contribution in [1.29, 1.82) is 0 Å². The highest BCUT2D eigenvalue weighted by Crippen LogP contribution is 2.15. The van der Waals surface area contributed by atoms with E-state index in [0.717, 1.165) is 0 Å². The zero-order valence-corrected chi connectivity index (χ0v) is 9.89. The minimum Gasteiger partial charge on any atom is -0.479 e. The molecular formula is C11H15NO5. The normalized spacial score (nSPS) is 12.9. The Hall–Kier alpha value is -1.98. The average molecular weight is 241 g/mol. The van der Waals surface area contributed by atoms with Crippen LogP contribution >= 0.6 is 0 Å². The number of carbonyl (C=O) groups excluding carboxylic acids is 1. The standard InChI is InChI=1S/C11H15NO5/c1-11(2,3)17-10(15)12-8(9(13)14)7-5-4-6-16-7/h4-6,8H,1-3H3,(H,12,15)(H,13,14). The third-order valence-electron chi connectivity index (χ3n) is 1.74. The molecule has 1 aromatic heterocycles. The second kappa shape index (κ2) is 4.90. The summed E-state index contributed by atoms with van der Waals surface area (Å²) in [6.45, 7) is 5.07. The lowest BCUT2D eigenvalue weighted by Crippen LogP contribution is -2.37. The van der Waals surface area contributed by atoms with Gasteiger partial charge in [-0.3, -0.25) is 0 Å². The summed E-state index contributed by atoms with van der Waals surface area (Å²) in [7, 11) is 0. The first-order valence-electron chi connectivity index (χ1n) is 5.05. The summed E-state index contributed by atoms with van der Waals surface area (Å²) < 4.78 is 9.90. The molecule has 1 rings (SSSR count). The number of carboxylic acid groups (broad SMARTS) is 1. The van der Waals surface area contributed by atoms with Gasteiger partial charge in [-0.25, -0.2) is 9.59 Å².